The van der Waals surface area contributed by atoms with E-state index in [1.54, 1.807) is 18.9 Å². The van der Waals surface area contributed by atoms with Gasteiger partial charge in [-0.15, -0.1) is 0 Å². The molecule has 0 heterocycles. The molecular weight excluding hydrogens is 330 g/mol. The van der Waals surface area contributed by atoms with Gasteiger partial charge < -0.3 is 10.1 Å². The maximum atomic E-state index is 12.3. The highest BCUT2D eigenvalue weighted by Crippen LogP contribution is 2.24. The van der Waals surface area contributed by atoms with Gasteiger partial charge in [-0.25, -0.2) is 0 Å². The number of aryl methyl sites for hydroxylation is 1. The average Bonchev–Trinajstić information content (AvgIpc) is 2.64. The molecule has 2 aromatic rings. The number of benzene rings is 2. The van der Waals surface area contributed by atoms with Crippen molar-refractivity contribution in [2.24, 2.45) is 0 Å². The van der Waals surface area contributed by atoms with Crippen molar-refractivity contribution in [3.63, 3.8) is 0 Å². The van der Waals surface area contributed by atoms with Crippen LogP contribution in [-0.2, 0) is 10.5 Å². The van der Waals surface area contributed by atoms with Crippen molar-refractivity contribution in [3.05, 3.63) is 65.2 Å². The first-order valence-corrected chi connectivity index (χ1v) is 9.85. The fraction of sp³-hybridized carbons (Fsp3) is 0.381. The van der Waals surface area contributed by atoms with Crippen LogP contribution in [0.3, 0.4) is 0 Å². The van der Waals surface area contributed by atoms with Crippen LogP contribution in [-0.4, -0.2) is 18.8 Å². The molecule has 2 aromatic carbocycles. The van der Waals surface area contributed by atoms with Gasteiger partial charge in [0.1, 0.15) is 5.75 Å². The van der Waals surface area contributed by atoms with E-state index >= 15 is 0 Å². The second-order valence-electron chi connectivity index (χ2n) is 6.05. The van der Waals surface area contributed by atoms with Gasteiger partial charge in [-0.05, 0) is 36.1 Å². The number of rotatable bonds is 9. The Kier molecular flexibility index (Phi) is 7.86. The topological polar surface area (TPSA) is 38.3 Å². The summed E-state index contributed by atoms with van der Waals surface area (Å²) >= 11 is 1.80. The smallest absolute Gasteiger partial charge is 0.221 e. The maximum Gasteiger partial charge on any atom is 0.221 e. The number of hydrogen-bond donors (Lipinski definition) is 1. The second-order valence-corrected chi connectivity index (χ2v) is 7.15. The van der Waals surface area contributed by atoms with Crippen LogP contribution >= 0.6 is 11.8 Å². The summed E-state index contributed by atoms with van der Waals surface area (Å²) in [5.41, 5.74) is 3.52. The minimum absolute atomic E-state index is 0.0521. The Bertz CT molecular complexity index is 673. The van der Waals surface area contributed by atoms with Gasteiger partial charge in [0, 0.05) is 17.9 Å². The summed E-state index contributed by atoms with van der Waals surface area (Å²) in [6.07, 6.45) is 1.41. The van der Waals surface area contributed by atoms with Gasteiger partial charge in [-0.3, -0.25) is 4.79 Å². The van der Waals surface area contributed by atoms with Gasteiger partial charge in [0.05, 0.1) is 13.2 Å². The van der Waals surface area contributed by atoms with Gasteiger partial charge in [-0.1, -0.05) is 49.4 Å². The molecule has 0 unspecified atom stereocenters. The lowest BCUT2D eigenvalue weighted by molar-refractivity contribution is -0.121. The van der Waals surface area contributed by atoms with Crippen molar-refractivity contribution in [1.29, 1.82) is 0 Å². The molecule has 2 rings (SSSR count). The zero-order valence-corrected chi connectivity index (χ0v) is 16.1. The zero-order chi connectivity index (χ0) is 18.1. The number of carbonyl (C=O) groups is 1. The molecule has 1 atom stereocenters. The Morgan fingerprint density at radius 2 is 1.96 bits per heavy atom. The first-order chi connectivity index (χ1) is 12.1. The summed E-state index contributed by atoms with van der Waals surface area (Å²) in [5.74, 6) is 2.77. The largest absolute Gasteiger partial charge is 0.496 e. The highest BCUT2D eigenvalue weighted by molar-refractivity contribution is 7.98. The molecule has 0 radical (unpaired) electrons. The number of methoxy groups -OCH3 is 1. The van der Waals surface area contributed by atoms with Crippen molar-refractivity contribution < 1.29 is 9.53 Å². The van der Waals surface area contributed by atoms with Gasteiger partial charge >= 0.3 is 0 Å². The molecule has 1 amide bonds. The van der Waals surface area contributed by atoms with Crippen LogP contribution in [0.5, 0.6) is 5.75 Å². The van der Waals surface area contributed by atoms with E-state index in [9.17, 15) is 4.79 Å². The van der Waals surface area contributed by atoms with Crippen molar-refractivity contribution >= 4 is 17.7 Å². The molecule has 0 aliphatic carbocycles. The minimum Gasteiger partial charge on any atom is -0.496 e. The van der Waals surface area contributed by atoms with Crippen LogP contribution in [0.4, 0.5) is 0 Å². The first-order valence-electron chi connectivity index (χ1n) is 8.69. The van der Waals surface area contributed by atoms with Crippen molar-refractivity contribution in [1.82, 2.24) is 5.32 Å². The third-order valence-electron chi connectivity index (χ3n) is 4.15. The van der Waals surface area contributed by atoms with Gasteiger partial charge in [0.25, 0.3) is 0 Å². The fourth-order valence-electron chi connectivity index (χ4n) is 2.74. The molecule has 0 aliphatic rings. The van der Waals surface area contributed by atoms with Crippen LogP contribution in [0.2, 0.25) is 0 Å². The molecule has 134 valence electrons. The monoisotopic (exact) mass is 357 g/mol. The van der Waals surface area contributed by atoms with Crippen LogP contribution in [0.1, 0.15) is 42.5 Å². The van der Waals surface area contributed by atoms with Gasteiger partial charge in [0.2, 0.25) is 5.91 Å². The molecule has 0 saturated heterocycles. The lowest BCUT2D eigenvalue weighted by atomic mass is 10.0. The molecule has 0 spiro atoms. The molecular formula is C21H27NO2S. The third-order valence-corrected chi connectivity index (χ3v) is 5.18. The van der Waals surface area contributed by atoms with E-state index in [2.05, 4.69) is 30.4 Å². The predicted molar refractivity (Wildman–Crippen MR) is 106 cm³/mol. The summed E-state index contributed by atoms with van der Waals surface area (Å²) < 4.78 is 5.31. The lowest BCUT2D eigenvalue weighted by Crippen LogP contribution is -2.28. The number of ether oxygens (including phenoxy) is 1. The summed E-state index contributed by atoms with van der Waals surface area (Å²) in [4.78, 5) is 12.3. The van der Waals surface area contributed by atoms with E-state index in [-0.39, 0.29) is 11.9 Å². The SMILES string of the molecule is CC[C@@H](NC(=O)CCSCc1ccccc1)c1ccc(OC)c(C)c1. The number of nitrogens with one attached hydrogen (secondary N) is 1. The molecule has 25 heavy (non-hydrogen) atoms. The van der Waals surface area contributed by atoms with Crippen LogP contribution < -0.4 is 10.1 Å². The molecule has 0 saturated carbocycles. The maximum absolute atomic E-state index is 12.3. The third kappa shape index (κ3) is 6.13. The second kappa shape index (κ2) is 10.1. The Labute approximate surface area is 155 Å². The van der Waals surface area contributed by atoms with Crippen molar-refractivity contribution in [3.8, 4) is 5.75 Å². The molecule has 0 fully saturated rings. The van der Waals surface area contributed by atoms with Gasteiger partial charge in [0.15, 0.2) is 0 Å². The first kappa shape index (κ1) is 19.4. The van der Waals surface area contributed by atoms with Crippen LogP contribution in [0, 0.1) is 6.92 Å². The Morgan fingerprint density at radius 1 is 1.20 bits per heavy atom. The molecule has 3 nitrogen and oxygen atoms in total. The highest BCUT2D eigenvalue weighted by Gasteiger charge is 2.13. The van der Waals surface area contributed by atoms with Gasteiger partial charge in [-0.2, -0.15) is 11.8 Å². The van der Waals surface area contributed by atoms with E-state index in [1.165, 1.54) is 5.56 Å². The number of carbonyl (C=O) groups excluding carboxylic acids is 1. The average molecular weight is 358 g/mol. The highest BCUT2D eigenvalue weighted by atomic mass is 32.2. The predicted octanol–water partition coefficient (Wildman–Crippen LogP) is 4.89. The molecule has 0 aromatic heterocycles. The van der Waals surface area contributed by atoms with E-state index < -0.39 is 0 Å². The lowest BCUT2D eigenvalue weighted by Gasteiger charge is -2.19. The molecule has 4 heteroatoms. The number of thioether (sulfide) groups is 1. The van der Waals surface area contributed by atoms with Crippen LogP contribution in [0.15, 0.2) is 48.5 Å². The number of amides is 1. The quantitative estimate of drug-likeness (QED) is 0.649. The fourth-order valence-corrected chi connectivity index (χ4v) is 3.64. The molecule has 0 bridgehead atoms. The van der Waals surface area contributed by atoms with Crippen molar-refractivity contribution in [2.45, 2.75) is 38.5 Å². The van der Waals surface area contributed by atoms with E-state index in [0.29, 0.717) is 6.42 Å². The Hall–Kier alpha value is -1.94. The van der Waals surface area contributed by atoms with E-state index in [1.807, 2.05) is 37.3 Å². The zero-order valence-electron chi connectivity index (χ0n) is 15.2. The summed E-state index contributed by atoms with van der Waals surface area (Å²) in [6.45, 7) is 4.12. The molecule has 0 aliphatic heterocycles. The minimum atomic E-state index is 0.0521. The normalized spacial score (nSPS) is 11.8. The molecule has 1 N–H and O–H groups in total. The van der Waals surface area contributed by atoms with E-state index in [4.69, 9.17) is 4.74 Å². The summed E-state index contributed by atoms with van der Waals surface area (Å²) in [7, 11) is 1.67. The Balaban J connectivity index is 1.80. The summed E-state index contributed by atoms with van der Waals surface area (Å²) in [5, 5.41) is 3.15. The summed E-state index contributed by atoms with van der Waals surface area (Å²) in [6, 6.07) is 16.5. The standard InChI is InChI=1S/C21H27NO2S/c1-4-19(18-10-11-20(24-3)16(2)14-18)22-21(23)12-13-25-15-17-8-6-5-7-9-17/h5-11,14,19H,4,12-13,15H2,1-3H3,(H,22,23)/t19-/m1/s1. The Morgan fingerprint density at radius 3 is 2.60 bits per heavy atom. The van der Waals surface area contributed by atoms with E-state index in [0.717, 1.165) is 34.8 Å². The van der Waals surface area contributed by atoms with Crippen LogP contribution in [0.25, 0.3) is 0 Å². The van der Waals surface area contributed by atoms with Crippen molar-refractivity contribution in [2.75, 3.05) is 12.9 Å². The number of hydrogen-bond acceptors (Lipinski definition) is 3.